The van der Waals surface area contributed by atoms with Gasteiger partial charge in [-0.1, -0.05) is 19.1 Å². The summed E-state index contributed by atoms with van der Waals surface area (Å²) in [4.78, 5) is 17.8. The zero-order valence-corrected chi connectivity index (χ0v) is 20.8. The molecule has 2 amide bonds. The molecule has 1 N–H and O–H groups in total. The number of carbonyl (C=O) groups excluding carboxylic acids is 1. The summed E-state index contributed by atoms with van der Waals surface area (Å²) in [6, 6.07) is 9.26. The summed E-state index contributed by atoms with van der Waals surface area (Å²) in [5.74, 6) is 1.06. The number of ether oxygens (including phenoxy) is 3. The summed E-state index contributed by atoms with van der Waals surface area (Å²) in [5.41, 5.74) is 4.08. The molecule has 0 saturated carbocycles. The average molecular weight is 485 g/mol. The molecule has 3 aromatic rings. The third-order valence-corrected chi connectivity index (χ3v) is 7.47. The number of hydrogen-bond donors (Lipinski definition) is 1. The van der Waals surface area contributed by atoms with Gasteiger partial charge in [-0.2, -0.15) is 0 Å². The molecule has 1 aliphatic heterocycles. The summed E-state index contributed by atoms with van der Waals surface area (Å²) in [5, 5.41) is 2.99. The number of aryl methyl sites for hydroxylation is 1. The minimum atomic E-state index is -0.301. The Morgan fingerprint density at radius 1 is 1.12 bits per heavy atom. The van der Waals surface area contributed by atoms with E-state index in [0.29, 0.717) is 29.5 Å². The van der Waals surface area contributed by atoms with E-state index < -0.39 is 0 Å². The van der Waals surface area contributed by atoms with Crippen molar-refractivity contribution < 1.29 is 23.4 Å². The highest BCUT2D eigenvalue weighted by Gasteiger charge is 2.35. The minimum Gasteiger partial charge on any atom is -0.493 e. The Morgan fingerprint density at radius 3 is 2.32 bits per heavy atom. The van der Waals surface area contributed by atoms with Crippen molar-refractivity contribution in [3.8, 4) is 17.2 Å². The monoisotopic (exact) mass is 484 g/mol. The van der Waals surface area contributed by atoms with Crippen molar-refractivity contribution in [3.05, 3.63) is 68.7 Å². The van der Waals surface area contributed by atoms with Gasteiger partial charge in [0.25, 0.3) is 0 Å². The van der Waals surface area contributed by atoms with Crippen LogP contribution >= 0.6 is 11.3 Å². The van der Waals surface area contributed by atoms with Gasteiger partial charge in [0.05, 0.1) is 33.1 Å². The Hall–Kier alpha value is -3.26. The van der Waals surface area contributed by atoms with E-state index in [-0.39, 0.29) is 17.9 Å². The molecule has 0 saturated heterocycles. The molecule has 4 rings (SSSR count). The minimum absolute atomic E-state index is 0.252. The smallest absolute Gasteiger partial charge is 0.322 e. The van der Waals surface area contributed by atoms with E-state index >= 15 is 0 Å². The zero-order chi connectivity index (χ0) is 24.4. The first-order valence-corrected chi connectivity index (χ1v) is 12.0. The third-order valence-electron chi connectivity index (χ3n) is 6.23. The van der Waals surface area contributed by atoms with Crippen LogP contribution in [0.25, 0.3) is 0 Å². The van der Waals surface area contributed by atoms with Crippen LogP contribution in [-0.4, -0.2) is 38.8 Å². The standard InChI is InChI=1S/C26H29FN2O4S/c1-6-19-15(2)34-25-20(19)11-12-29(23(25)16-7-9-17(27)10-8-16)26(30)28-18-13-21(31-3)24(33-5)22(14-18)32-4/h7-10,13-14,23H,6,11-12H2,1-5H3,(H,28,30)/t23-/m1/s1. The van der Waals surface area contributed by atoms with Crippen LogP contribution < -0.4 is 19.5 Å². The summed E-state index contributed by atoms with van der Waals surface area (Å²) in [6.45, 7) is 4.84. The van der Waals surface area contributed by atoms with E-state index in [4.69, 9.17) is 14.2 Å². The number of anilines is 1. The number of benzene rings is 2. The van der Waals surface area contributed by atoms with Gasteiger partial charge in [-0.15, -0.1) is 11.3 Å². The quantitative estimate of drug-likeness (QED) is 0.469. The second-order valence-corrected chi connectivity index (χ2v) is 9.33. The van der Waals surface area contributed by atoms with Crippen LogP contribution in [0.3, 0.4) is 0 Å². The Labute approximate surface area is 203 Å². The molecule has 2 heterocycles. The number of methoxy groups -OCH3 is 3. The van der Waals surface area contributed by atoms with Crippen molar-refractivity contribution >= 4 is 23.1 Å². The van der Waals surface area contributed by atoms with E-state index in [0.717, 1.165) is 23.3 Å². The molecule has 6 nitrogen and oxygen atoms in total. The van der Waals surface area contributed by atoms with E-state index in [9.17, 15) is 9.18 Å². The SMILES string of the molecule is CCc1c(C)sc2c1CCN(C(=O)Nc1cc(OC)c(OC)c(OC)c1)[C@@H]2c1ccc(F)cc1. The molecule has 0 radical (unpaired) electrons. The Balaban J connectivity index is 1.72. The first-order chi connectivity index (χ1) is 16.4. The Morgan fingerprint density at radius 2 is 1.76 bits per heavy atom. The van der Waals surface area contributed by atoms with E-state index in [1.165, 1.54) is 49.5 Å². The number of nitrogens with one attached hydrogen (secondary N) is 1. The van der Waals surface area contributed by atoms with Gasteiger partial charge in [-0.05, 0) is 48.6 Å². The number of urea groups is 1. The maximum Gasteiger partial charge on any atom is 0.322 e. The molecular formula is C26H29FN2O4S. The van der Waals surface area contributed by atoms with Gasteiger partial charge >= 0.3 is 6.03 Å². The molecule has 0 fully saturated rings. The zero-order valence-electron chi connectivity index (χ0n) is 20.0. The number of rotatable bonds is 6. The second kappa shape index (κ2) is 9.93. The molecule has 180 valence electrons. The van der Waals surface area contributed by atoms with Crippen molar-refractivity contribution in [3.63, 3.8) is 0 Å². The van der Waals surface area contributed by atoms with Gasteiger partial charge in [0.1, 0.15) is 5.82 Å². The number of carbonyl (C=O) groups is 1. The highest BCUT2D eigenvalue weighted by molar-refractivity contribution is 7.12. The fraction of sp³-hybridized carbons (Fsp3) is 0.346. The van der Waals surface area contributed by atoms with Crippen LogP contribution in [0.2, 0.25) is 0 Å². The lowest BCUT2D eigenvalue weighted by Gasteiger charge is -2.36. The van der Waals surface area contributed by atoms with Crippen molar-refractivity contribution in [2.75, 3.05) is 33.2 Å². The van der Waals surface area contributed by atoms with Crippen molar-refractivity contribution in [1.29, 1.82) is 0 Å². The summed E-state index contributed by atoms with van der Waals surface area (Å²) < 4.78 is 29.9. The van der Waals surface area contributed by atoms with Crippen molar-refractivity contribution in [2.45, 2.75) is 32.7 Å². The van der Waals surface area contributed by atoms with E-state index in [1.54, 1.807) is 35.6 Å². The van der Waals surface area contributed by atoms with E-state index in [1.807, 2.05) is 4.90 Å². The van der Waals surface area contributed by atoms with Gasteiger partial charge in [-0.25, -0.2) is 9.18 Å². The maximum atomic E-state index is 13.7. The van der Waals surface area contributed by atoms with Crippen LogP contribution in [0.5, 0.6) is 17.2 Å². The van der Waals surface area contributed by atoms with Crippen LogP contribution in [0.4, 0.5) is 14.9 Å². The summed E-state index contributed by atoms with van der Waals surface area (Å²) in [7, 11) is 4.60. The van der Waals surface area contributed by atoms with Crippen molar-refractivity contribution in [2.24, 2.45) is 0 Å². The van der Waals surface area contributed by atoms with Gasteiger partial charge in [0, 0.05) is 28.4 Å². The fourth-order valence-corrected chi connectivity index (χ4v) is 6.10. The molecule has 1 aromatic heterocycles. The largest absolute Gasteiger partial charge is 0.493 e. The number of nitrogens with zero attached hydrogens (tertiary/aromatic N) is 1. The highest BCUT2D eigenvalue weighted by atomic mass is 32.1. The molecule has 1 atom stereocenters. The van der Waals surface area contributed by atoms with Gasteiger partial charge in [0.15, 0.2) is 11.5 Å². The van der Waals surface area contributed by atoms with Crippen LogP contribution in [-0.2, 0) is 12.8 Å². The molecule has 0 spiro atoms. The number of halogens is 1. The van der Waals surface area contributed by atoms with E-state index in [2.05, 4.69) is 19.2 Å². The maximum absolute atomic E-state index is 13.7. The Bertz CT molecular complexity index is 1170. The molecule has 0 unspecified atom stereocenters. The Kier molecular flexibility index (Phi) is 6.97. The number of hydrogen-bond acceptors (Lipinski definition) is 5. The number of amides is 2. The van der Waals surface area contributed by atoms with Crippen LogP contribution in [0.1, 0.15) is 39.4 Å². The molecule has 8 heteroatoms. The number of fused-ring (bicyclic) bond motifs is 1. The second-order valence-electron chi connectivity index (χ2n) is 8.07. The predicted molar refractivity (Wildman–Crippen MR) is 132 cm³/mol. The normalized spacial score (nSPS) is 15.0. The number of thiophene rings is 1. The molecule has 0 aliphatic carbocycles. The molecular weight excluding hydrogens is 455 g/mol. The van der Waals surface area contributed by atoms with Gasteiger partial charge in [0.2, 0.25) is 5.75 Å². The summed E-state index contributed by atoms with van der Waals surface area (Å²) in [6.07, 6.45) is 1.73. The van der Waals surface area contributed by atoms with Crippen LogP contribution in [0, 0.1) is 12.7 Å². The predicted octanol–water partition coefficient (Wildman–Crippen LogP) is 5.96. The summed E-state index contributed by atoms with van der Waals surface area (Å²) >= 11 is 1.72. The van der Waals surface area contributed by atoms with Gasteiger partial charge in [-0.3, -0.25) is 0 Å². The molecule has 2 aromatic carbocycles. The molecule has 34 heavy (non-hydrogen) atoms. The topological polar surface area (TPSA) is 60.0 Å². The third kappa shape index (κ3) is 4.30. The first kappa shape index (κ1) is 23.9. The van der Waals surface area contributed by atoms with Gasteiger partial charge < -0.3 is 24.4 Å². The van der Waals surface area contributed by atoms with Crippen molar-refractivity contribution in [1.82, 2.24) is 4.90 Å². The molecule has 0 bridgehead atoms. The molecule has 1 aliphatic rings. The highest BCUT2D eigenvalue weighted by Crippen LogP contribution is 2.44. The fourth-order valence-electron chi connectivity index (χ4n) is 4.65. The van der Waals surface area contributed by atoms with Crippen LogP contribution in [0.15, 0.2) is 36.4 Å². The lowest BCUT2D eigenvalue weighted by molar-refractivity contribution is 0.195. The first-order valence-electron chi connectivity index (χ1n) is 11.2. The average Bonchev–Trinajstić information content (AvgIpc) is 3.18. The lowest BCUT2D eigenvalue weighted by atomic mass is 9.92. The lowest BCUT2D eigenvalue weighted by Crippen LogP contribution is -2.42.